The number of benzene rings is 1. The van der Waals surface area contributed by atoms with Gasteiger partial charge < -0.3 is 5.32 Å². The molecule has 0 saturated heterocycles. The second kappa shape index (κ2) is 9.83. The smallest absolute Gasteiger partial charge is 0.263 e. The molecule has 0 radical (unpaired) electrons. The Labute approximate surface area is 194 Å². The highest BCUT2D eigenvalue weighted by molar-refractivity contribution is 7.99. The third-order valence-electron chi connectivity index (χ3n) is 5.49. The van der Waals surface area contributed by atoms with E-state index in [1.54, 1.807) is 46.2 Å². The molecule has 1 N–H and O–H groups in total. The molecule has 0 fully saturated rings. The third-order valence-corrected chi connectivity index (χ3v) is 7.65. The number of fused-ring (bicyclic) bond motifs is 3. The third kappa shape index (κ3) is 4.71. The summed E-state index contributed by atoms with van der Waals surface area (Å²) in [6, 6.07) is 6.84. The largest absolute Gasteiger partial charge is 0.325 e. The van der Waals surface area contributed by atoms with Gasteiger partial charge in [0.25, 0.3) is 5.56 Å². The van der Waals surface area contributed by atoms with E-state index >= 15 is 0 Å². The Morgan fingerprint density at radius 1 is 1.28 bits per heavy atom. The highest BCUT2D eigenvalue weighted by Crippen LogP contribution is 2.34. The number of carbonyl (C=O) groups excluding carboxylic acids is 2. The van der Waals surface area contributed by atoms with E-state index in [2.05, 4.69) is 11.9 Å². The van der Waals surface area contributed by atoms with Gasteiger partial charge in [0.15, 0.2) is 10.9 Å². The van der Waals surface area contributed by atoms with E-state index in [4.69, 9.17) is 4.98 Å². The molecule has 166 valence electrons. The lowest BCUT2D eigenvalue weighted by molar-refractivity contribution is -0.113. The van der Waals surface area contributed by atoms with Crippen LogP contribution in [0.2, 0.25) is 0 Å². The summed E-state index contributed by atoms with van der Waals surface area (Å²) in [5.74, 6) is -0.183. The number of aryl methyl sites for hydroxylation is 2. The minimum Gasteiger partial charge on any atom is -0.325 e. The Bertz CT molecular complexity index is 1260. The van der Waals surface area contributed by atoms with Gasteiger partial charge in [-0.15, -0.1) is 17.9 Å². The summed E-state index contributed by atoms with van der Waals surface area (Å²) in [5.41, 5.74) is 2.22. The second-order valence-corrected chi connectivity index (χ2v) is 9.84. The molecular weight excluding hydrogens is 442 g/mol. The quantitative estimate of drug-likeness (QED) is 0.177. The number of hydrogen-bond donors (Lipinski definition) is 1. The first kappa shape index (κ1) is 22.5. The maximum Gasteiger partial charge on any atom is 0.263 e. The SMILES string of the molecule is C=CCn1c(SCC(=O)Nc2cccc(C(C)=O)c2)nc2sc3c(c2c1=O)CCCCC3. The van der Waals surface area contributed by atoms with Gasteiger partial charge in [0.1, 0.15) is 4.83 Å². The van der Waals surface area contributed by atoms with Crippen molar-refractivity contribution in [2.24, 2.45) is 0 Å². The van der Waals surface area contributed by atoms with Crippen molar-refractivity contribution < 1.29 is 9.59 Å². The van der Waals surface area contributed by atoms with Gasteiger partial charge in [-0.2, -0.15) is 0 Å². The molecule has 8 heteroatoms. The fraction of sp³-hybridized carbons (Fsp3) is 0.333. The zero-order valence-corrected chi connectivity index (χ0v) is 19.6. The molecule has 32 heavy (non-hydrogen) atoms. The van der Waals surface area contributed by atoms with Crippen LogP contribution in [0.15, 0.2) is 46.9 Å². The summed E-state index contributed by atoms with van der Waals surface area (Å²) in [7, 11) is 0. The first-order chi connectivity index (χ1) is 15.5. The number of thioether (sulfide) groups is 1. The van der Waals surface area contributed by atoms with Gasteiger partial charge in [-0.05, 0) is 50.3 Å². The molecule has 0 spiro atoms. The Balaban J connectivity index is 1.58. The van der Waals surface area contributed by atoms with Crippen LogP contribution in [0.1, 0.15) is 47.0 Å². The van der Waals surface area contributed by atoms with E-state index in [-0.39, 0.29) is 23.0 Å². The number of ketones is 1. The first-order valence-corrected chi connectivity index (χ1v) is 12.5. The lowest BCUT2D eigenvalue weighted by atomic mass is 10.1. The lowest BCUT2D eigenvalue weighted by Crippen LogP contribution is -2.24. The van der Waals surface area contributed by atoms with Crippen molar-refractivity contribution in [2.45, 2.75) is 50.7 Å². The van der Waals surface area contributed by atoms with Gasteiger partial charge in [-0.25, -0.2) is 4.98 Å². The number of nitrogens with zero attached hydrogens (tertiary/aromatic N) is 2. The highest BCUT2D eigenvalue weighted by Gasteiger charge is 2.21. The molecule has 4 rings (SSSR count). The van der Waals surface area contributed by atoms with Gasteiger partial charge in [0, 0.05) is 22.7 Å². The minimum absolute atomic E-state index is 0.0497. The van der Waals surface area contributed by atoms with Crippen LogP contribution in [0, 0.1) is 0 Å². The van der Waals surface area contributed by atoms with E-state index in [1.807, 2.05) is 0 Å². The van der Waals surface area contributed by atoms with Crippen LogP contribution in [0.3, 0.4) is 0 Å². The number of rotatable bonds is 7. The van der Waals surface area contributed by atoms with E-state index < -0.39 is 0 Å². The standard InChI is InChI=1S/C24H25N3O3S2/c1-3-12-27-23(30)21-18-10-5-4-6-11-19(18)32-22(21)26-24(27)31-14-20(29)25-17-9-7-8-16(13-17)15(2)28/h3,7-9,13H,1,4-6,10-12,14H2,2H3,(H,25,29). The molecule has 3 aromatic rings. The normalized spacial score (nSPS) is 13.4. The highest BCUT2D eigenvalue weighted by atomic mass is 32.2. The van der Waals surface area contributed by atoms with Crippen molar-refractivity contribution in [1.29, 1.82) is 0 Å². The zero-order chi connectivity index (χ0) is 22.7. The summed E-state index contributed by atoms with van der Waals surface area (Å²) in [4.78, 5) is 44.3. The summed E-state index contributed by atoms with van der Waals surface area (Å²) >= 11 is 2.85. The Hall–Kier alpha value is -2.71. The van der Waals surface area contributed by atoms with Crippen LogP contribution in [0.4, 0.5) is 5.69 Å². The Morgan fingerprint density at radius 2 is 2.09 bits per heavy atom. The van der Waals surface area contributed by atoms with Crippen molar-refractivity contribution in [2.75, 3.05) is 11.1 Å². The topological polar surface area (TPSA) is 81.1 Å². The van der Waals surface area contributed by atoms with Gasteiger partial charge in [0.2, 0.25) is 5.91 Å². The van der Waals surface area contributed by atoms with Gasteiger partial charge in [-0.1, -0.05) is 36.4 Å². The van der Waals surface area contributed by atoms with Crippen LogP contribution in [0.25, 0.3) is 10.2 Å². The molecular formula is C24H25N3O3S2. The summed E-state index contributed by atoms with van der Waals surface area (Å²) in [5, 5.41) is 4.07. The number of carbonyl (C=O) groups is 2. The average molecular weight is 468 g/mol. The number of hydrogen-bond acceptors (Lipinski definition) is 6. The lowest BCUT2D eigenvalue weighted by Gasteiger charge is -2.11. The number of aromatic nitrogens is 2. The molecule has 1 amide bonds. The van der Waals surface area contributed by atoms with Crippen molar-refractivity contribution in [3.8, 4) is 0 Å². The van der Waals surface area contributed by atoms with E-state index in [9.17, 15) is 14.4 Å². The van der Waals surface area contributed by atoms with Gasteiger partial charge in [0.05, 0.1) is 11.1 Å². The number of nitrogens with one attached hydrogen (secondary N) is 1. The number of thiophene rings is 1. The molecule has 1 aliphatic rings. The molecule has 0 aliphatic heterocycles. The summed E-state index contributed by atoms with van der Waals surface area (Å²) in [6.45, 7) is 5.61. The van der Waals surface area contributed by atoms with Crippen molar-refractivity contribution in [3.05, 3.63) is 63.3 Å². The van der Waals surface area contributed by atoms with Crippen molar-refractivity contribution in [1.82, 2.24) is 9.55 Å². The maximum absolute atomic E-state index is 13.4. The molecule has 0 unspecified atom stereocenters. The van der Waals surface area contributed by atoms with Crippen LogP contribution in [-0.4, -0.2) is 27.0 Å². The van der Waals surface area contributed by atoms with Crippen molar-refractivity contribution >= 4 is 50.7 Å². The van der Waals surface area contributed by atoms with Crippen LogP contribution in [-0.2, 0) is 24.2 Å². The summed E-state index contributed by atoms with van der Waals surface area (Å²) < 4.78 is 1.61. The van der Waals surface area contributed by atoms with Crippen LogP contribution >= 0.6 is 23.1 Å². The maximum atomic E-state index is 13.4. The first-order valence-electron chi connectivity index (χ1n) is 10.7. The number of allylic oxidation sites excluding steroid dienone is 1. The molecule has 1 aliphatic carbocycles. The van der Waals surface area contributed by atoms with Crippen LogP contribution < -0.4 is 10.9 Å². The molecule has 6 nitrogen and oxygen atoms in total. The van der Waals surface area contributed by atoms with E-state index in [0.29, 0.717) is 23.0 Å². The molecule has 0 atom stereocenters. The zero-order valence-electron chi connectivity index (χ0n) is 18.0. The fourth-order valence-corrected chi connectivity index (χ4v) is 6.05. The molecule has 1 aromatic carbocycles. The van der Waals surface area contributed by atoms with Crippen molar-refractivity contribution in [3.63, 3.8) is 0 Å². The predicted octanol–water partition coefficient (Wildman–Crippen LogP) is 4.85. The molecule has 2 aromatic heterocycles. The molecule has 0 bridgehead atoms. The Morgan fingerprint density at radius 3 is 2.88 bits per heavy atom. The number of anilines is 1. The van der Waals surface area contributed by atoms with E-state index in [1.165, 1.54) is 30.0 Å². The number of Topliss-reactive ketones (excluding diaryl/α,β-unsaturated/α-hetero) is 1. The Kier molecular flexibility index (Phi) is 6.91. The van der Waals surface area contributed by atoms with Crippen LogP contribution in [0.5, 0.6) is 0 Å². The predicted molar refractivity (Wildman–Crippen MR) is 131 cm³/mol. The number of amides is 1. The average Bonchev–Trinajstić information content (AvgIpc) is 2.95. The minimum atomic E-state index is -0.225. The van der Waals surface area contributed by atoms with Gasteiger partial charge in [-0.3, -0.25) is 19.0 Å². The summed E-state index contributed by atoms with van der Waals surface area (Å²) in [6.07, 6.45) is 7.04. The fourth-order valence-electron chi connectivity index (χ4n) is 3.94. The van der Waals surface area contributed by atoms with E-state index in [0.717, 1.165) is 41.5 Å². The molecule has 0 saturated carbocycles. The molecule has 2 heterocycles. The second-order valence-electron chi connectivity index (χ2n) is 7.82. The van der Waals surface area contributed by atoms with Gasteiger partial charge >= 0.3 is 0 Å². The monoisotopic (exact) mass is 467 g/mol.